The number of piperidine rings is 1. The number of amides is 1. The van der Waals surface area contributed by atoms with Crippen LogP contribution >= 0.6 is 11.6 Å². The van der Waals surface area contributed by atoms with Gasteiger partial charge in [-0.05, 0) is 18.9 Å². The molecule has 18 heavy (non-hydrogen) atoms. The summed E-state index contributed by atoms with van der Waals surface area (Å²) in [6.45, 7) is 1.23. The second-order valence-electron chi connectivity index (χ2n) is 4.22. The predicted molar refractivity (Wildman–Crippen MR) is 65.1 cm³/mol. The van der Waals surface area contributed by atoms with Crippen LogP contribution < -0.4 is 0 Å². The normalized spacial score (nSPS) is 16.9. The predicted octanol–water partition coefficient (Wildman–Crippen LogP) is 2.13. The van der Waals surface area contributed by atoms with Crippen LogP contribution in [0.15, 0.2) is 12.3 Å². The number of carbonyl (C=O) groups is 1. The number of halogens is 2. The molecule has 1 aromatic rings. The number of hydrogen-bond acceptors (Lipinski definition) is 3. The van der Waals surface area contributed by atoms with Crippen molar-refractivity contribution < 1.29 is 13.9 Å². The Bertz CT molecular complexity index is 448. The molecule has 1 amide bonds. The molecular formula is C12H14ClFN2O2. The zero-order chi connectivity index (χ0) is 13.1. The van der Waals surface area contributed by atoms with Crippen LogP contribution in [-0.4, -0.2) is 42.1 Å². The van der Waals surface area contributed by atoms with Crippen molar-refractivity contribution in [1.29, 1.82) is 0 Å². The smallest absolute Gasteiger partial charge is 0.255 e. The minimum Gasteiger partial charge on any atom is -0.381 e. The number of ether oxygens (including phenoxy) is 1. The standard InChI is InChI=1S/C12H14ClFN2O2/c1-18-9-2-4-16(5-3-9)12(17)8-6-10(14)11(13)15-7-8/h6-7,9H,2-5H2,1H3. The van der Waals surface area contributed by atoms with Crippen molar-refractivity contribution in [2.24, 2.45) is 0 Å². The first-order valence-corrected chi connectivity index (χ1v) is 6.12. The van der Waals surface area contributed by atoms with E-state index in [0.717, 1.165) is 18.9 Å². The first-order chi connectivity index (χ1) is 8.61. The Morgan fingerprint density at radius 1 is 1.56 bits per heavy atom. The van der Waals surface area contributed by atoms with Gasteiger partial charge in [0.1, 0.15) is 0 Å². The van der Waals surface area contributed by atoms with Gasteiger partial charge in [-0.3, -0.25) is 4.79 Å². The van der Waals surface area contributed by atoms with Gasteiger partial charge in [-0.1, -0.05) is 11.6 Å². The van der Waals surface area contributed by atoms with Gasteiger partial charge in [0.2, 0.25) is 0 Å². The number of pyridine rings is 1. The van der Waals surface area contributed by atoms with E-state index >= 15 is 0 Å². The summed E-state index contributed by atoms with van der Waals surface area (Å²) in [6.07, 6.45) is 3.10. The van der Waals surface area contributed by atoms with Crippen molar-refractivity contribution in [1.82, 2.24) is 9.88 Å². The Kier molecular flexibility index (Phi) is 4.14. The number of methoxy groups -OCH3 is 1. The lowest BCUT2D eigenvalue weighted by molar-refractivity contribution is 0.0350. The van der Waals surface area contributed by atoms with Crippen molar-refractivity contribution in [3.63, 3.8) is 0 Å². The van der Waals surface area contributed by atoms with Crippen LogP contribution in [0, 0.1) is 5.82 Å². The van der Waals surface area contributed by atoms with Crippen molar-refractivity contribution >= 4 is 17.5 Å². The number of rotatable bonds is 2. The van der Waals surface area contributed by atoms with Crippen LogP contribution in [0.1, 0.15) is 23.2 Å². The molecule has 0 aromatic carbocycles. The highest BCUT2D eigenvalue weighted by Crippen LogP contribution is 2.17. The molecule has 1 fully saturated rings. The molecule has 2 rings (SSSR count). The Morgan fingerprint density at radius 3 is 2.78 bits per heavy atom. The summed E-state index contributed by atoms with van der Waals surface area (Å²) in [5.41, 5.74) is 0.229. The third kappa shape index (κ3) is 2.79. The number of hydrogen-bond donors (Lipinski definition) is 0. The summed E-state index contributed by atoms with van der Waals surface area (Å²) < 4.78 is 18.5. The summed E-state index contributed by atoms with van der Waals surface area (Å²) in [5.74, 6) is -0.887. The SMILES string of the molecule is COC1CCN(C(=O)c2cnc(Cl)c(F)c2)CC1. The molecule has 0 saturated carbocycles. The van der Waals surface area contributed by atoms with E-state index in [9.17, 15) is 9.18 Å². The molecule has 4 nitrogen and oxygen atoms in total. The van der Waals surface area contributed by atoms with Gasteiger partial charge in [0.05, 0.1) is 11.7 Å². The van der Waals surface area contributed by atoms with Gasteiger partial charge in [-0.15, -0.1) is 0 Å². The van der Waals surface area contributed by atoms with Gasteiger partial charge in [0, 0.05) is 26.4 Å². The Balaban J connectivity index is 2.05. The number of aromatic nitrogens is 1. The van der Waals surface area contributed by atoms with E-state index in [1.54, 1.807) is 12.0 Å². The summed E-state index contributed by atoms with van der Waals surface area (Å²) in [4.78, 5) is 17.4. The number of carbonyl (C=O) groups excluding carboxylic acids is 1. The van der Waals surface area contributed by atoms with Crippen molar-refractivity contribution in [2.75, 3.05) is 20.2 Å². The second kappa shape index (κ2) is 5.63. The monoisotopic (exact) mass is 272 g/mol. The minimum absolute atomic E-state index is 0.203. The summed E-state index contributed by atoms with van der Waals surface area (Å²) in [5, 5.41) is -0.218. The maximum Gasteiger partial charge on any atom is 0.255 e. The molecule has 6 heteroatoms. The van der Waals surface area contributed by atoms with Gasteiger partial charge >= 0.3 is 0 Å². The highest BCUT2D eigenvalue weighted by atomic mass is 35.5. The fraction of sp³-hybridized carbons (Fsp3) is 0.500. The van der Waals surface area contributed by atoms with Gasteiger partial charge in [-0.25, -0.2) is 9.37 Å². The average molecular weight is 273 g/mol. The van der Waals surface area contributed by atoms with Gasteiger partial charge in [0.15, 0.2) is 11.0 Å². The largest absolute Gasteiger partial charge is 0.381 e. The molecule has 0 radical (unpaired) electrons. The van der Waals surface area contributed by atoms with Crippen LogP contribution in [0.25, 0.3) is 0 Å². The molecule has 1 saturated heterocycles. The Labute approximate surface area is 110 Å². The molecule has 0 atom stereocenters. The Hall–Kier alpha value is -1.20. The molecule has 2 heterocycles. The molecule has 98 valence electrons. The average Bonchev–Trinajstić information content (AvgIpc) is 2.41. The van der Waals surface area contributed by atoms with E-state index in [1.165, 1.54) is 6.20 Å². The van der Waals surface area contributed by atoms with Crippen molar-refractivity contribution in [3.8, 4) is 0 Å². The maximum absolute atomic E-state index is 13.2. The second-order valence-corrected chi connectivity index (χ2v) is 4.58. The van der Waals surface area contributed by atoms with E-state index in [0.29, 0.717) is 13.1 Å². The molecule has 0 spiro atoms. The molecule has 0 aliphatic carbocycles. The first kappa shape index (κ1) is 13.2. The minimum atomic E-state index is -0.672. The molecule has 1 aliphatic rings. The third-order valence-electron chi connectivity index (χ3n) is 3.11. The topological polar surface area (TPSA) is 42.4 Å². The van der Waals surface area contributed by atoms with E-state index in [-0.39, 0.29) is 22.7 Å². The zero-order valence-corrected chi connectivity index (χ0v) is 10.8. The highest BCUT2D eigenvalue weighted by Gasteiger charge is 2.24. The van der Waals surface area contributed by atoms with E-state index in [2.05, 4.69) is 4.98 Å². The van der Waals surface area contributed by atoms with E-state index in [1.807, 2.05) is 0 Å². The zero-order valence-electron chi connectivity index (χ0n) is 10.0. The van der Waals surface area contributed by atoms with Crippen LogP contribution in [-0.2, 0) is 4.74 Å². The van der Waals surface area contributed by atoms with Crippen molar-refractivity contribution in [3.05, 3.63) is 28.8 Å². The van der Waals surface area contributed by atoms with Crippen molar-refractivity contribution in [2.45, 2.75) is 18.9 Å². The van der Waals surface area contributed by atoms with Crippen LogP contribution in [0.2, 0.25) is 5.15 Å². The Morgan fingerprint density at radius 2 is 2.22 bits per heavy atom. The molecule has 1 aliphatic heterocycles. The molecule has 0 unspecified atom stereocenters. The summed E-state index contributed by atoms with van der Waals surface area (Å²) in [7, 11) is 1.67. The fourth-order valence-electron chi connectivity index (χ4n) is 2.02. The highest BCUT2D eigenvalue weighted by molar-refractivity contribution is 6.29. The lowest BCUT2D eigenvalue weighted by Crippen LogP contribution is -2.40. The van der Waals surface area contributed by atoms with Gasteiger partial charge < -0.3 is 9.64 Å². The van der Waals surface area contributed by atoms with Gasteiger partial charge in [0.25, 0.3) is 5.91 Å². The van der Waals surface area contributed by atoms with Crippen LogP contribution in [0.5, 0.6) is 0 Å². The lowest BCUT2D eigenvalue weighted by atomic mass is 10.1. The van der Waals surface area contributed by atoms with E-state index < -0.39 is 5.82 Å². The van der Waals surface area contributed by atoms with Crippen LogP contribution in [0.3, 0.4) is 0 Å². The van der Waals surface area contributed by atoms with E-state index in [4.69, 9.17) is 16.3 Å². The molecular weight excluding hydrogens is 259 g/mol. The first-order valence-electron chi connectivity index (χ1n) is 5.75. The fourth-order valence-corrected chi connectivity index (χ4v) is 2.12. The molecule has 0 N–H and O–H groups in total. The molecule has 1 aromatic heterocycles. The maximum atomic E-state index is 13.2. The third-order valence-corrected chi connectivity index (χ3v) is 3.38. The lowest BCUT2D eigenvalue weighted by Gasteiger charge is -2.31. The van der Waals surface area contributed by atoms with Gasteiger partial charge in [-0.2, -0.15) is 0 Å². The summed E-state index contributed by atoms with van der Waals surface area (Å²) in [6, 6.07) is 1.13. The summed E-state index contributed by atoms with van der Waals surface area (Å²) >= 11 is 5.48. The number of nitrogens with zero attached hydrogens (tertiary/aromatic N) is 2. The van der Waals surface area contributed by atoms with Crippen LogP contribution in [0.4, 0.5) is 4.39 Å². The quantitative estimate of drug-likeness (QED) is 0.775. The molecule has 0 bridgehead atoms. The number of likely N-dealkylation sites (tertiary alicyclic amines) is 1.